The summed E-state index contributed by atoms with van der Waals surface area (Å²) in [6, 6.07) is 1.69. The molecule has 3 heterocycles. The number of carbonyl (C=O) groups excluding carboxylic acids is 1. The van der Waals surface area contributed by atoms with Crippen LogP contribution in [0, 0.1) is 13.8 Å². The summed E-state index contributed by atoms with van der Waals surface area (Å²) in [6.07, 6.45) is 4.74. The zero-order valence-electron chi connectivity index (χ0n) is 14.6. The van der Waals surface area contributed by atoms with E-state index in [0.717, 1.165) is 43.4 Å². The lowest BCUT2D eigenvalue weighted by molar-refractivity contribution is 0.0718. The van der Waals surface area contributed by atoms with Crippen molar-refractivity contribution in [3.63, 3.8) is 0 Å². The lowest BCUT2D eigenvalue weighted by Gasteiger charge is -2.25. The minimum absolute atomic E-state index is 0.0224. The van der Waals surface area contributed by atoms with Gasteiger partial charge in [-0.15, -0.1) is 0 Å². The number of likely N-dealkylation sites (tertiary alicyclic amines) is 1. The van der Waals surface area contributed by atoms with Gasteiger partial charge in [0.1, 0.15) is 11.3 Å². The van der Waals surface area contributed by atoms with E-state index in [1.807, 2.05) is 4.90 Å². The van der Waals surface area contributed by atoms with E-state index in [1.165, 1.54) is 4.68 Å². The maximum absolute atomic E-state index is 12.9. The summed E-state index contributed by atoms with van der Waals surface area (Å²) >= 11 is 0. The molecule has 1 atom stereocenters. The van der Waals surface area contributed by atoms with Gasteiger partial charge < -0.3 is 9.42 Å². The fourth-order valence-electron chi connectivity index (χ4n) is 3.99. The van der Waals surface area contributed by atoms with Crippen LogP contribution in [-0.2, 0) is 19.4 Å². The van der Waals surface area contributed by atoms with Crippen LogP contribution in [0.4, 0.5) is 0 Å². The molecule has 2 aliphatic rings. The van der Waals surface area contributed by atoms with E-state index in [4.69, 9.17) is 4.52 Å². The predicted molar refractivity (Wildman–Crippen MR) is 90.6 cm³/mol. The first kappa shape index (κ1) is 16.1. The summed E-state index contributed by atoms with van der Waals surface area (Å²) in [6.45, 7) is 4.67. The van der Waals surface area contributed by atoms with E-state index in [9.17, 15) is 9.59 Å². The van der Waals surface area contributed by atoms with Crippen LogP contribution in [0.25, 0.3) is 0 Å². The van der Waals surface area contributed by atoms with Crippen molar-refractivity contribution in [2.24, 2.45) is 0 Å². The molecule has 4 rings (SSSR count). The van der Waals surface area contributed by atoms with E-state index in [1.54, 1.807) is 19.9 Å². The molecule has 1 aliphatic carbocycles. The third kappa shape index (κ3) is 2.77. The zero-order chi connectivity index (χ0) is 17.6. The van der Waals surface area contributed by atoms with Crippen LogP contribution in [0.2, 0.25) is 0 Å². The molecule has 0 spiro atoms. The van der Waals surface area contributed by atoms with Gasteiger partial charge in [0.2, 0.25) is 0 Å². The zero-order valence-corrected chi connectivity index (χ0v) is 14.6. The molecule has 2 aromatic heterocycles. The molecule has 0 bridgehead atoms. The molecule has 1 saturated heterocycles. The third-order valence-electron chi connectivity index (χ3n) is 5.29. The Hall–Kier alpha value is -2.44. The number of aromatic nitrogens is 3. The Labute approximate surface area is 145 Å². The average Bonchev–Trinajstić information content (AvgIpc) is 3.28. The van der Waals surface area contributed by atoms with Gasteiger partial charge in [-0.3, -0.25) is 9.59 Å². The maximum Gasteiger partial charge on any atom is 0.267 e. The molecular formula is C18H22N4O3. The summed E-state index contributed by atoms with van der Waals surface area (Å²) < 4.78 is 6.67. The van der Waals surface area contributed by atoms with E-state index < -0.39 is 0 Å². The van der Waals surface area contributed by atoms with Gasteiger partial charge in [0.05, 0.1) is 24.0 Å². The van der Waals surface area contributed by atoms with Crippen LogP contribution >= 0.6 is 0 Å². The standard InChI is InChI=1S/C18H22N4O3/c1-11-17(12(2)25-20-11)18(24)21-8-4-6-14(21)10-22-16(23)9-13-5-3-7-15(13)19-22/h9,14H,3-8,10H2,1-2H3. The van der Waals surface area contributed by atoms with Crippen LogP contribution in [-0.4, -0.2) is 38.3 Å². The van der Waals surface area contributed by atoms with Crippen LogP contribution in [0.1, 0.15) is 52.3 Å². The number of hydrogen-bond acceptors (Lipinski definition) is 5. The molecule has 1 fully saturated rings. The highest BCUT2D eigenvalue weighted by Gasteiger charge is 2.33. The monoisotopic (exact) mass is 342 g/mol. The normalized spacial score (nSPS) is 19.4. The van der Waals surface area contributed by atoms with E-state index >= 15 is 0 Å². The quantitative estimate of drug-likeness (QED) is 0.847. The second-order valence-corrected chi connectivity index (χ2v) is 6.98. The summed E-state index contributed by atoms with van der Waals surface area (Å²) in [7, 11) is 0. The second-order valence-electron chi connectivity index (χ2n) is 6.98. The van der Waals surface area contributed by atoms with Gasteiger partial charge in [-0.1, -0.05) is 5.16 Å². The van der Waals surface area contributed by atoms with Crippen molar-refractivity contribution in [2.75, 3.05) is 6.54 Å². The topological polar surface area (TPSA) is 81.2 Å². The summed E-state index contributed by atoms with van der Waals surface area (Å²) in [5.74, 6) is 0.480. The third-order valence-corrected chi connectivity index (χ3v) is 5.29. The number of amides is 1. The number of fused-ring (bicyclic) bond motifs is 1. The molecular weight excluding hydrogens is 320 g/mol. The van der Waals surface area contributed by atoms with Gasteiger partial charge in [0.25, 0.3) is 11.5 Å². The van der Waals surface area contributed by atoms with Crippen LogP contribution in [0.3, 0.4) is 0 Å². The summed E-state index contributed by atoms with van der Waals surface area (Å²) in [5, 5.41) is 8.42. The first-order valence-corrected chi connectivity index (χ1v) is 8.88. The van der Waals surface area contributed by atoms with Crippen LogP contribution < -0.4 is 5.56 Å². The molecule has 25 heavy (non-hydrogen) atoms. The SMILES string of the molecule is Cc1noc(C)c1C(=O)N1CCCC1Cn1nc2c(cc1=O)CCC2. The molecule has 132 valence electrons. The molecule has 1 unspecified atom stereocenters. The molecule has 0 aromatic carbocycles. The van der Waals surface area contributed by atoms with Crippen molar-refractivity contribution in [1.29, 1.82) is 0 Å². The average molecular weight is 342 g/mol. The minimum Gasteiger partial charge on any atom is -0.361 e. The minimum atomic E-state index is -0.0720. The first-order chi connectivity index (χ1) is 12.0. The van der Waals surface area contributed by atoms with Crippen molar-refractivity contribution in [1.82, 2.24) is 19.8 Å². The van der Waals surface area contributed by atoms with Gasteiger partial charge in [0.15, 0.2) is 0 Å². The van der Waals surface area contributed by atoms with Gasteiger partial charge in [-0.05, 0) is 51.5 Å². The Morgan fingerprint density at radius 2 is 2.16 bits per heavy atom. The van der Waals surface area contributed by atoms with Crippen molar-refractivity contribution < 1.29 is 9.32 Å². The molecule has 0 saturated carbocycles. The molecule has 0 N–H and O–H groups in total. The number of aryl methyl sites for hydroxylation is 4. The first-order valence-electron chi connectivity index (χ1n) is 8.88. The molecule has 1 aliphatic heterocycles. The Morgan fingerprint density at radius 3 is 2.92 bits per heavy atom. The van der Waals surface area contributed by atoms with Gasteiger partial charge in [-0.25, -0.2) is 4.68 Å². The number of nitrogens with zero attached hydrogens (tertiary/aromatic N) is 4. The Morgan fingerprint density at radius 1 is 1.32 bits per heavy atom. The molecule has 2 aromatic rings. The largest absolute Gasteiger partial charge is 0.361 e. The fourth-order valence-corrected chi connectivity index (χ4v) is 3.99. The van der Waals surface area contributed by atoms with Gasteiger partial charge in [0, 0.05) is 12.6 Å². The molecule has 1 amide bonds. The van der Waals surface area contributed by atoms with Crippen LogP contribution in [0.15, 0.2) is 15.4 Å². The van der Waals surface area contributed by atoms with Crippen molar-refractivity contribution in [3.05, 3.63) is 44.7 Å². The second kappa shape index (κ2) is 6.13. The van der Waals surface area contributed by atoms with E-state index in [0.29, 0.717) is 30.1 Å². The lowest BCUT2D eigenvalue weighted by atomic mass is 10.1. The van der Waals surface area contributed by atoms with Gasteiger partial charge in [-0.2, -0.15) is 5.10 Å². The summed E-state index contributed by atoms with van der Waals surface area (Å²) in [5.41, 5.74) is 3.19. The Bertz CT molecular complexity index is 863. The van der Waals surface area contributed by atoms with Gasteiger partial charge >= 0.3 is 0 Å². The number of carbonyl (C=O) groups is 1. The highest BCUT2D eigenvalue weighted by molar-refractivity contribution is 5.96. The fraction of sp³-hybridized carbons (Fsp3) is 0.556. The smallest absolute Gasteiger partial charge is 0.267 e. The lowest BCUT2D eigenvalue weighted by Crippen LogP contribution is -2.41. The van der Waals surface area contributed by atoms with Crippen molar-refractivity contribution >= 4 is 5.91 Å². The van der Waals surface area contributed by atoms with Crippen molar-refractivity contribution in [2.45, 2.75) is 58.5 Å². The van der Waals surface area contributed by atoms with E-state index in [2.05, 4.69) is 10.3 Å². The molecule has 7 nitrogen and oxygen atoms in total. The highest BCUT2D eigenvalue weighted by Crippen LogP contribution is 2.24. The molecule has 7 heteroatoms. The maximum atomic E-state index is 12.9. The van der Waals surface area contributed by atoms with Crippen molar-refractivity contribution in [3.8, 4) is 0 Å². The number of rotatable bonds is 3. The number of hydrogen-bond donors (Lipinski definition) is 0. The highest BCUT2D eigenvalue weighted by atomic mass is 16.5. The predicted octanol–water partition coefficient (Wildman–Crippen LogP) is 1.64. The molecule has 0 radical (unpaired) electrons. The van der Waals surface area contributed by atoms with E-state index in [-0.39, 0.29) is 17.5 Å². The van der Waals surface area contributed by atoms with Crippen LogP contribution in [0.5, 0.6) is 0 Å². The summed E-state index contributed by atoms with van der Waals surface area (Å²) in [4.78, 5) is 27.1. The Balaban J connectivity index is 1.59. The Kier molecular flexibility index (Phi) is 3.94.